The van der Waals surface area contributed by atoms with Crippen molar-refractivity contribution in [3.63, 3.8) is 0 Å². The van der Waals surface area contributed by atoms with Gasteiger partial charge in [-0.1, -0.05) is 24.6 Å². The van der Waals surface area contributed by atoms with Crippen molar-refractivity contribution in [1.82, 2.24) is 9.21 Å². The van der Waals surface area contributed by atoms with Gasteiger partial charge in [-0.2, -0.15) is 4.31 Å². The van der Waals surface area contributed by atoms with E-state index in [1.807, 2.05) is 25.1 Å². The molecule has 0 aliphatic carbocycles. The third-order valence-corrected chi connectivity index (χ3v) is 9.52. The van der Waals surface area contributed by atoms with Crippen molar-refractivity contribution in [2.45, 2.75) is 61.9 Å². The Morgan fingerprint density at radius 3 is 2.64 bits per heavy atom. The monoisotopic (exact) mass is 492 g/mol. The van der Waals surface area contributed by atoms with E-state index in [4.69, 9.17) is 9.47 Å². The van der Waals surface area contributed by atoms with Crippen molar-refractivity contribution in [3.05, 3.63) is 47.3 Å². The molecule has 2 aliphatic rings. The van der Waals surface area contributed by atoms with Gasteiger partial charge in [-0.15, -0.1) is 11.3 Å². The van der Waals surface area contributed by atoms with Crippen LogP contribution in [0.4, 0.5) is 0 Å². The summed E-state index contributed by atoms with van der Waals surface area (Å²) < 4.78 is 38.9. The molecule has 0 radical (unpaired) electrons. The highest BCUT2D eigenvalue weighted by Gasteiger charge is 2.31. The van der Waals surface area contributed by atoms with Gasteiger partial charge in [0, 0.05) is 19.6 Å². The third kappa shape index (κ3) is 5.95. The maximum Gasteiger partial charge on any atom is 0.323 e. The molecule has 180 valence electrons. The Kier molecular flexibility index (Phi) is 8.06. The van der Waals surface area contributed by atoms with E-state index >= 15 is 0 Å². The molecule has 0 unspecified atom stereocenters. The minimum atomic E-state index is -3.40. The van der Waals surface area contributed by atoms with Gasteiger partial charge >= 0.3 is 5.97 Å². The number of hydrogen-bond donors (Lipinski definition) is 0. The lowest BCUT2D eigenvalue weighted by Gasteiger charge is -2.34. The Balaban J connectivity index is 1.34. The van der Waals surface area contributed by atoms with E-state index in [9.17, 15) is 13.2 Å². The first kappa shape index (κ1) is 24.2. The summed E-state index contributed by atoms with van der Waals surface area (Å²) in [6, 6.07) is 11.2. The van der Waals surface area contributed by atoms with E-state index in [0.717, 1.165) is 37.1 Å². The largest absolute Gasteiger partial charge is 0.490 e. The van der Waals surface area contributed by atoms with Crippen molar-refractivity contribution in [3.8, 4) is 5.75 Å². The molecule has 1 atom stereocenters. The number of benzene rings is 1. The number of piperidine rings is 2. The van der Waals surface area contributed by atoms with Crippen LogP contribution in [0.5, 0.6) is 5.75 Å². The summed E-state index contributed by atoms with van der Waals surface area (Å²) in [5.41, 5.74) is 1.10. The van der Waals surface area contributed by atoms with Crippen molar-refractivity contribution >= 4 is 27.3 Å². The zero-order valence-corrected chi connectivity index (χ0v) is 20.7. The molecule has 9 heteroatoms. The molecule has 2 saturated heterocycles. The highest BCUT2D eigenvalue weighted by molar-refractivity contribution is 7.91. The molecule has 2 fully saturated rings. The van der Waals surface area contributed by atoms with Crippen molar-refractivity contribution in [1.29, 1.82) is 0 Å². The SMILES string of the molecule is CCOC(=O)[C@@H]1CCCCN1Cc1cccc(OC2CCN(S(=O)(=O)c3cccs3)CC2)c1. The quantitative estimate of drug-likeness (QED) is 0.521. The first-order chi connectivity index (χ1) is 16.0. The molecule has 0 bridgehead atoms. The first-order valence-corrected chi connectivity index (χ1v) is 14.0. The molecular weight excluding hydrogens is 460 g/mol. The van der Waals surface area contributed by atoms with Crippen LogP contribution in [0.15, 0.2) is 46.0 Å². The lowest BCUT2D eigenvalue weighted by Crippen LogP contribution is -2.44. The maximum absolute atomic E-state index is 12.7. The number of hydrogen-bond acceptors (Lipinski definition) is 7. The second-order valence-corrected chi connectivity index (χ2v) is 11.6. The molecule has 0 saturated carbocycles. The molecule has 4 rings (SSSR count). The number of ether oxygens (including phenoxy) is 2. The van der Waals surface area contributed by atoms with E-state index in [2.05, 4.69) is 11.0 Å². The van der Waals surface area contributed by atoms with Gasteiger partial charge in [0.2, 0.25) is 0 Å². The van der Waals surface area contributed by atoms with Gasteiger partial charge in [0.05, 0.1) is 6.61 Å². The number of sulfonamides is 1. The predicted molar refractivity (Wildman–Crippen MR) is 128 cm³/mol. The van der Waals surface area contributed by atoms with Gasteiger partial charge in [0.1, 0.15) is 22.1 Å². The molecule has 0 N–H and O–H groups in total. The Hall–Kier alpha value is -1.94. The summed E-state index contributed by atoms with van der Waals surface area (Å²) in [5.74, 6) is 0.658. The van der Waals surface area contributed by atoms with E-state index < -0.39 is 10.0 Å². The third-order valence-electron chi connectivity index (χ3n) is 6.25. The molecule has 1 aromatic heterocycles. The minimum absolute atomic E-state index is 0.0164. The van der Waals surface area contributed by atoms with Gasteiger partial charge in [-0.25, -0.2) is 8.42 Å². The first-order valence-electron chi connectivity index (χ1n) is 11.7. The van der Waals surface area contributed by atoms with Crippen LogP contribution in [0.2, 0.25) is 0 Å². The molecule has 2 aliphatic heterocycles. The highest BCUT2D eigenvalue weighted by atomic mass is 32.2. The average Bonchev–Trinajstić information content (AvgIpc) is 3.36. The fraction of sp³-hybridized carbons (Fsp3) is 0.542. The van der Waals surface area contributed by atoms with Crippen molar-refractivity contribution in [2.75, 3.05) is 26.2 Å². The summed E-state index contributed by atoms with van der Waals surface area (Å²) in [6.07, 6.45) is 4.26. The van der Waals surface area contributed by atoms with Crippen LogP contribution in [-0.4, -0.2) is 62.0 Å². The topological polar surface area (TPSA) is 76.2 Å². The molecule has 3 heterocycles. The molecule has 2 aromatic rings. The Bertz CT molecular complexity index is 1020. The fourth-order valence-electron chi connectivity index (χ4n) is 4.56. The van der Waals surface area contributed by atoms with E-state index in [1.165, 1.54) is 11.3 Å². The second kappa shape index (κ2) is 11.0. The number of carbonyl (C=O) groups excluding carboxylic acids is 1. The highest BCUT2D eigenvalue weighted by Crippen LogP contribution is 2.27. The van der Waals surface area contributed by atoms with Crippen LogP contribution in [0.3, 0.4) is 0 Å². The van der Waals surface area contributed by atoms with Crippen molar-refractivity contribution in [2.24, 2.45) is 0 Å². The van der Waals surface area contributed by atoms with Crippen LogP contribution in [-0.2, 0) is 26.1 Å². The Labute approximate surface area is 200 Å². The van der Waals surface area contributed by atoms with Crippen molar-refractivity contribution < 1.29 is 22.7 Å². The van der Waals surface area contributed by atoms with Crippen LogP contribution < -0.4 is 4.74 Å². The molecular formula is C24H32N2O5S2. The number of likely N-dealkylation sites (tertiary alicyclic amines) is 1. The number of rotatable bonds is 8. The van der Waals surface area contributed by atoms with Gasteiger partial charge in [0.15, 0.2) is 0 Å². The smallest absolute Gasteiger partial charge is 0.323 e. The Morgan fingerprint density at radius 1 is 1.09 bits per heavy atom. The number of carbonyl (C=O) groups is 1. The zero-order valence-electron chi connectivity index (χ0n) is 19.0. The lowest BCUT2D eigenvalue weighted by atomic mass is 10.0. The second-order valence-electron chi connectivity index (χ2n) is 8.53. The normalized spacial score (nSPS) is 21.1. The summed E-state index contributed by atoms with van der Waals surface area (Å²) in [7, 11) is -3.40. The predicted octanol–water partition coefficient (Wildman–Crippen LogP) is 3.90. The van der Waals surface area contributed by atoms with E-state index in [-0.39, 0.29) is 18.1 Å². The fourth-order valence-corrected chi connectivity index (χ4v) is 7.17. The van der Waals surface area contributed by atoms with E-state index in [1.54, 1.807) is 21.8 Å². The standard InChI is InChI=1S/C24H32N2O5S2/c1-2-30-24(27)22-9-3-4-13-25(22)18-19-7-5-8-21(17-19)31-20-11-14-26(15-12-20)33(28,29)23-10-6-16-32-23/h5-8,10,16-17,20,22H,2-4,9,11-15,18H2,1H3/t22-/m0/s1. The van der Waals surface area contributed by atoms with Crippen LogP contribution in [0, 0.1) is 0 Å². The maximum atomic E-state index is 12.7. The average molecular weight is 493 g/mol. The number of nitrogens with zero attached hydrogens (tertiary/aromatic N) is 2. The molecule has 33 heavy (non-hydrogen) atoms. The summed E-state index contributed by atoms with van der Waals surface area (Å²) in [5, 5.41) is 1.79. The lowest BCUT2D eigenvalue weighted by molar-refractivity contribution is -0.151. The van der Waals surface area contributed by atoms with Gasteiger partial charge in [0.25, 0.3) is 10.0 Å². The molecule has 0 amide bonds. The van der Waals surface area contributed by atoms with Crippen LogP contribution in [0.1, 0.15) is 44.6 Å². The molecule has 7 nitrogen and oxygen atoms in total. The summed E-state index contributed by atoms with van der Waals surface area (Å²) >= 11 is 1.25. The number of esters is 1. The number of thiophene rings is 1. The molecule has 0 spiro atoms. The summed E-state index contributed by atoms with van der Waals surface area (Å²) in [4.78, 5) is 14.6. The zero-order chi connectivity index (χ0) is 23.3. The molecule has 1 aromatic carbocycles. The summed E-state index contributed by atoms with van der Waals surface area (Å²) in [6.45, 7) is 4.72. The van der Waals surface area contributed by atoms with Gasteiger partial charge < -0.3 is 9.47 Å². The van der Waals surface area contributed by atoms with Gasteiger partial charge in [-0.3, -0.25) is 9.69 Å². The van der Waals surface area contributed by atoms with Crippen LogP contribution in [0.25, 0.3) is 0 Å². The minimum Gasteiger partial charge on any atom is -0.490 e. The Morgan fingerprint density at radius 2 is 1.91 bits per heavy atom. The van der Waals surface area contributed by atoms with E-state index in [0.29, 0.717) is 43.3 Å². The van der Waals surface area contributed by atoms with Gasteiger partial charge in [-0.05, 0) is 68.3 Å². The van der Waals surface area contributed by atoms with Crippen LogP contribution >= 0.6 is 11.3 Å².